The molecule has 1 aliphatic rings. The van der Waals surface area contributed by atoms with E-state index < -0.39 is 0 Å². The van der Waals surface area contributed by atoms with Crippen LogP contribution in [0.4, 0.5) is 17.6 Å². The molecule has 4 N–H and O–H groups in total. The Kier molecular flexibility index (Phi) is 5.80. The molecule has 1 fully saturated rings. The number of nitrogen functional groups attached to an aromatic ring is 1. The Balaban J connectivity index is 0.000000550. The summed E-state index contributed by atoms with van der Waals surface area (Å²) in [7, 11) is 3.55. The molecular formula is C11H19N5O3. The van der Waals surface area contributed by atoms with Gasteiger partial charge in [-0.1, -0.05) is 0 Å². The second-order valence-corrected chi connectivity index (χ2v) is 3.92. The molecule has 1 atom stereocenters. The molecule has 0 saturated carbocycles. The van der Waals surface area contributed by atoms with Gasteiger partial charge in [0.1, 0.15) is 11.6 Å². The maximum atomic E-state index is 8.36. The first-order valence-electron chi connectivity index (χ1n) is 5.82. The minimum Gasteiger partial charge on any atom is -0.483 e. The van der Waals surface area contributed by atoms with E-state index in [0.717, 1.165) is 31.1 Å². The van der Waals surface area contributed by atoms with Crippen molar-refractivity contribution in [3.63, 3.8) is 0 Å². The Labute approximate surface area is 111 Å². The van der Waals surface area contributed by atoms with Gasteiger partial charge in [-0.2, -0.15) is 9.97 Å². The molecule has 2 heterocycles. The SMILES string of the molecule is CNc1cc(N2CCC(OC)C2)nc(N)n1.O=CO. The fourth-order valence-corrected chi connectivity index (χ4v) is 1.87. The maximum Gasteiger partial charge on any atom is 0.290 e. The summed E-state index contributed by atoms with van der Waals surface area (Å²) in [6.45, 7) is 1.55. The third kappa shape index (κ3) is 4.25. The topological polar surface area (TPSA) is 114 Å². The highest BCUT2D eigenvalue weighted by molar-refractivity contribution is 5.52. The van der Waals surface area contributed by atoms with Crippen LogP contribution in [0.5, 0.6) is 0 Å². The molecule has 1 aliphatic heterocycles. The van der Waals surface area contributed by atoms with E-state index in [1.54, 1.807) is 7.11 Å². The fourth-order valence-electron chi connectivity index (χ4n) is 1.87. The zero-order valence-electron chi connectivity index (χ0n) is 11.0. The first-order valence-corrected chi connectivity index (χ1v) is 5.82. The van der Waals surface area contributed by atoms with Crippen molar-refractivity contribution < 1.29 is 14.6 Å². The average Bonchev–Trinajstić information content (AvgIpc) is 2.87. The van der Waals surface area contributed by atoms with Crippen molar-refractivity contribution in [1.82, 2.24) is 9.97 Å². The summed E-state index contributed by atoms with van der Waals surface area (Å²) in [5.74, 6) is 1.89. The molecule has 1 saturated heterocycles. The van der Waals surface area contributed by atoms with Crippen LogP contribution in [-0.4, -0.2) is 54.9 Å². The van der Waals surface area contributed by atoms with E-state index >= 15 is 0 Å². The molecule has 0 aromatic carbocycles. The number of anilines is 3. The van der Waals surface area contributed by atoms with Crippen molar-refractivity contribution in [3.8, 4) is 0 Å². The number of aromatic nitrogens is 2. The van der Waals surface area contributed by atoms with Gasteiger partial charge in [0.15, 0.2) is 0 Å². The van der Waals surface area contributed by atoms with Crippen LogP contribution in [-0.2, 0) is 9.53 Å². The number of carbonyl (C=O) groups is 1. The molecule has 2 rings (SSSR count). The van der Waals surface area contributed by atoms with Gasteiger partial charge in [0.2, 0.25) is 5.95 Å². The molecule has 1 unspecified atom stereocenters. The van der Waals surface area contributed by atoms with E-state index in [-0.39, 0.29) is 12.6 Å². The highest BCUT2D eigenvalue weighted by Gasteiger charge is 2.23. The molecule has 0 radical (unpaired) electrons. The largest absolute Gasteiger partial charge is 0.483 e. The van der Waals surface area contributed by atoms with E-state index in [1.807, 2.05) is 13.1 Å². The van der Waals surface area contributed by atoms with E-state index in [4.69, 9.17) is 20.4 Å². The molecule has 1 aromatic heterocycles. The quantitative estimate of drug-likeness (QED) is 0.658. The van der Waals surface area contributed by atoms with Crippen LogP contribution in [0, 0.1) is 0 Å². The Morgan fingerprint density at radius 1 is 1.63 bits per heavy atom. The summed E-state index contributed by atoms with van der Waals surface area (Å²) in [6.07, 6.45) is 1.31. The molecule has 0 aliphatic carbocycles. The molecule has 8 nitrogen and oxygen atoms in total. The van der Waals surface area contributed by atoms with E-state index in [1.165, 1.54) is 0 Å². The van der Waals surface area contributed by atoms with Crippen LogP contribution in [0.25, 0.3) is 0 Å². The van der Waals surface area contributed by atoms with Crippen LogP contribution in [0.3, 0.4) is 0 Å². The van der Waals surface area contributed by atoms with Crippen LogP contribution in [0.15, 0.2) is 6.07 Å². The lowest BCUT2D eigenvalue weighted by Crippen LogP contribution is -2.23. The molecular weight excluding hydrogens is 250 g/mol. The van der Waals surface area contributed by atoms with Crippen molar-refractivity contribution in [3.05, 3.63) is 6.07 Å². The van der Waals surface area contributed by atoms with Crippen molar-refractivity contribution in [1.29, 1.82) is 0 Å². The Morgan fingerprint density at radius 3 is 2.84 bits per heavy atom. The minimum atomic E-state index is -0.250. The Morgan fingerprint density at radius 2 is 2.32 bits per heavy atom. The number of hydrogen-bond acceptors (Lipinski definition) is 7. The number of nitrogens with two attached hydrogens (primary N) is 1. The highest BCUT2D eigenvalue weighted by atomic mass is 16.5. The molecule has 8 heteroatoms. The lowest BCUT2D eigenvalue weighted by Gasteiger charge is -2.17. The standard InChI is InChI=1S/C10H17N5O.CH2O2/c1-12-8-5-9(14-10(11)13-8)15-4-3-7(6-15)16-2;2-1-3/h5,7H,3-4,6H2,1-2H3,(H3,11,12,13,14);1H,(H,2,3). The smallest absolute Gasteiger partial charge is 0.290 e. The van der Waals surface area contributed by atoms with Gasteiger partial charge in [-0.3, -0.25) is 4.79 Å². The Bertz CT molecular complexity index is 415. The summed E-state index contributed by atoms with van der Waals surface area (Å²) in [5.41, 5.74) is 5.65. The lowest BCUT2D eigenvalue weighted by molar-refractivity contribution is -0.122. The second-order valence-electron chi connectivity index (χ2n) is 3.92. The van der Waals surface area contributed by atoms with Crippen molar-refractivity contribution in [2.75, 3.05) is 43.2 Å². The monoisotopic (exact) mass is 269 g/mol. The first-order chi connectivity index (χ1) is 9.14. The van der Waals surface area contributed by atoms with Crippen molar-refractivity contribution >= 4 is 24.1 Å². The summed E-state index contributed by atoms with van der Waals surface area (Å²) in [4.78, 5) is 18.8. The van der Waals surface area contributed by atoms with Crippen molar-refractivity contribution in [2.24, 2.45) is 0 Å². The maximum absolute atomic E-state index is 8.36. The zero-order chi connectivity index (χ0) is 14.3. The normalized spacial score (nSPS) is 17.6. The lowest BCUT2D eigenvalue weighted by atomic mass is 10.3. The van der Waals surface area contributed by atoms with Gasteiger partial charge < -0.3 is 25.8 Å². The van der Waals surface area contributed by atoms with Gasteiger partial charge in [0.05, 0.1) is 6.10 Å². The third-order valence-electron chi connectivity index (χ3n) is 2.79. The van der Waals surface area contributed by atoms with Gasteiger partial charge in [0, 0.05) is 33.3 Å². The molecule has 1 aromatic rings. The third-order valence-corrected chi connectivity index (χ3v) is 2.79. The number of nitrogens with zero attached hydrogens (tertiary/aromatic N) is 3. The molecule has 106 valence electrons. The first kappa shape index (κ1) is 15.0. The van der Waals surface area contributed by atoms with Crippen LogP contribution in [0.1, 0.15) is 6.42 Å². The van der Waals surface area contributed by atoms with E-state index in [9.17, 15) is 0 Å². The number of ether oxygens (including phenoxy) is 1. The van der Waals surface area contributed by atoms with Gasteiger partial charge >= 0.3 is 0 Å². The van der Waals surface area contributed by atoms with E-state index in [2.05, 4.69) is 20.2 Å². The molecule has 0 amide bonds. The number of methoxy groups -OCH3 is 1. The van der Waals surface area contributed by atoms with Crippen LogP contribution < -0.4 is 16.0 Å². The van der Waals surface area contributed by atoms with Crippen molar-refractivity contribution in [2.45, 2.75) is 12.5 Å². The van der Waals surface area contributed by atoms with Gasteiger partial charge in [0.25, 0.3) is 6.47 Å². The molecule has 19 heavy (non-hydrogen) atoms. The predicted octanol–water partition coefficient (Wildman–Crippen LogP) is 0.0264. The second kappa shape index (κ2) is 7.37. The minimum absolute atomic E-state index is 0.250. The van der Waals surface area contributed by atoms with Gasteiger partial charge in [-0.15, -0.1) is 0 Å². The average molecular weight is 269 g/mol. The fraction of sp³-hybridized carbons (Fsp3) is 0.545. The summed E-state index contributed by atoms with van der Waals surface area (Å²) in [5, 5.41) is 9.86. The highest BCUT2D eigenvalue weighted by Crippen LogP contribution is 2.22. The van der Waals surface area contributed by atoms with E-state index in [0.29, 0.717) is 5.95 Å². The molecule has 0 bridgehead atoms. The number of hydrogen-bond donors (Lipinski definition) is 3. The zero-order valence-corrected chi connectivity index (χ0v) is 11.0. The van der Waals surface area contributed by atoms with Gasteiger partial charge in [-0.25, -0.2) is 0 Å². The number of nitrogens with one attached hydrogen (secondary N) is 1. The molecule has 0 spiro atoms. The summed E-state index contributed by atoms with van der Waals surface area (Å²) < 4.78 is 5.32. The van der Waals surface area contributed by atoms with Crippen LogP contribution >= 0.6 is 0 Å². The predicted molar refractivity (Wildman–Crippen MR) is 72.3 cm³/mol. The summed E-state index contributed by atoms with van der Waals surface area (Å²) in [6, 6.07) is 1.90. The number of rotatable bonds is 3. The summed E-state index contributed by atoms with van der Waals surface area (Å²) >= 11 is 0. The number of carboxylic acid groups (broad SMARTS) is 1. The Hall–Kier alpha value is -2.09. The van der Waals surface area contributed by atoms with Crippen LogP contribution in [0.2, 0.25) is 0 Å². The van der Waals surface area contributed by atoms with Gasteiger partial charge in [-0.05, 0) is 6.42 Å².